The van der Waals surface area contributed by atoms with Crippen LogP contribution >= 0.6 is 15.9 Å². The lowest BCUT2D eigenvalue weighted by Gasteiger charge is -2.16. The van der Waals surface area contributed by atoms with Gasteiger partial charge in [0.15, 0.2) is 6.61 Å². The van der Waals surface area contributed by atoms with Gasteiger partial charge < -0.3 is 10.1 Å². The van der Waals surface area contributed by atoms with E-state index in [9.17, 15) is 19.2 Å². The van der Waals surface area contributed by atoms with E-state index in [2.05, 4.69) is 21.2 Å². The lowest BCUT2D eigenvalue weighted by molar-refractivity contribution is -0.155. The summed E-state index contributed by atoms with van der Waals surface area (Å²) >= 11 is 3.27. The van der Waals surface area contributed by atoms with Gasteiger partial charge in [0.05, 0.1) is 0 Å². The number of ether oxygens (including phenoxy) is 1. The van der Waals surface area contributed by atoms with Crippen LogP contribution < -0.4 is 5.32 Å². The number of imide groups is 1. The van der Waals surface area contributed by atoms with Gasteiger partial charge in [-0.15, -0.1) is 0 Å². The van der Waals surface area contributed by atoms with Crippen molar-refractivity contribution in [2.24, 2.45) is 0 Å². The van der Waals surface area contributed by atoms with Crippen LogP contribution in [0.5, 0.6) is 0 Å². The summed E-state index contributed by atoms with van der Waals surface area (Å²) in [6.45, 7) is 1.30. The normalized spacial score (nSPS) is 15.1. The summed E-state index contributed by atoms with van der Waals surface area (Å²) in [6.07, 6.45) is 0.956. The molecule has 7 nitrogen and oxygen atoms in total. The second-order valence-electron chi connectivity index (χ2n) is 5.35. The highest BCUT2D eigenvalue weighted by atomic mass is 79.9. The van der Waals surface area contributed by atoms with Crippen LogP contribution in [0.2, 0.25) is 0 Å². The average molecular weight is 397 g/mol. The van der Waals surface area contributed by atoms with Crippen LogP contribution in [0.15, 0.2) is 28.7 Å². The molecule has 0 aliphatic carbocycles. The number of nitrogens with zero attached hydrogens (tertiary/aromatic N) is 1. The zero-order valence-electron chi connectivity index (χ0n) is 13.1. The molecule has 1 heterocycles. The standard InChI is InChI=1S/C16H17BrN2O5/c1-10(18-15(22)11-4-6-12(17)7-5-11)16(23)24-9-14(21)19-8-2-3-13(19)20/h4-7,10H,2-3,8-9H2,1H3,(H,18,22)/t10-/m0/s1. The van der Waals surface area contributed by atoms with Crippen molar-refractivity contribution in [3.05, 3.63) is 34.3 Å². The zero-order chi connectivity index (χ0) is 17.7. The van der Waals surface area contributed by atoms with Crippen molar-refractivity contribution >= 4 is 39.6 Å². The van der Waals surface area contributed by atoms with Gasteiger partial charge in [0.2, 0.25) is 5.91 Å². The fraction of sp³-hybridized carbons (Fsp3) is 0.375. The first-order chi connectivity index (χ1) is 11.4. The van der Waals surface area contributed by atoms with Crippen LogP contribution in [0.3, 0.4) is 0 Å². The summed E-state index contributed by atoms with van der Waals surface area (Å²) in [5.74, 6) is -1.96. The monoisotopic (exact) mass is 396 g/mol. The van der Waals surface area contributed by atoms with Gasteiger partial charge in [-0.25, -0.2) is 4.79 Å². The number of likely N-dealkylation sites (tertiary alicyclic amines) is 1. The molecule has 0 saturated carbocycles. The lowest BCUT2D eigenvalue weighted by atomic mass is 10.2. The number of carbonyl (C=O) groups excluding carboxylic acids is 4. The quantitative estimate of drug-likeness (QED) is 0.756. The summed E-state index contributed by atoms with van der Waals surface area (Å²) in [7, 11) is 0. The number of benzene rings is 1. The van der Waals surface area contributed by atoms with Gasteiger partial charge >= 0.3 is 5.97 Å². The van der Waals surface area contributed by atoms with Crippen LogP contribution in [0.1, 0.15) is 30.1 Å². The van der Waals surface area contributed by atoms with Gasteiger partial charge in [-0.05, 0) is 37.6 Å². The number of halogens is 1. The molecule has 0 unspecified atom stereocenters. The van der Waals surface area contributed by atoms with Gasteiger partial charge in [-0.1, -0.05) is 15.9 Å². The Morgan fingerprint density at radius 3 is 2.54 bits per heavy atom. The van der Waals surface area contributed by atoms with Crippen LogP contribution in [0.4, 0.5) is 0 Å². The molecule has 3 amide bonds. The first-order valence-electron chi connectivity index (χ1n) is 7.44. The van der Waals surface area contributed by atoms with Crippen molar-refractivity contribution in [3.8, 4) is 0 Å². The maximum absolute atomic E-state index is 12.0. The Morgan fingerprint density at radius 1 is 1.29 bits per heavy atom. The molecule has 0 aromatic heterocycles. The third kappa shape index (κ3) is 4.64. The second kappa shape index (κ2) is 8.05. The van der Waals surface area contributed by atoms with Gasteiger partial charge in [-0.3, -0.25) is 19.3 Å². The highest BCUT2D eigenvalue weighted by molar-refractivity contribution is 9.10. The van der Waals surface area contributed by atoms with Gasteiger partial charge in [0.1, 0.15) is 6.04 Å². The minimum atomic E-state index is -0.914. The Hall–Kier alpha value is -2.22. The molecule has 1 aliphatic rings. The lowest BCUT2D eigenvalue weighted by Crippen LogP contribution is -2.41. The Morgan fingerprint density at radius 2 is 1.96 bits per heavy atom. The summed E-state index contributed by atoms with van der Waals surface area (Å²) < 4.78 is 5.71. The molecule has 0 radical (unpaired) electrons. The van der Waals surface area contributed by atoms with Crippen molar-refractivity contribution in [2.45, 2.75) is 25.8 Å². The van der Waals surface area contributed by atoms with E-state index in [4.69, 9.17) is 4.74 Å². The maximum atomic E-state index is 12.0. The molecule has 128 valence electrons. The molecule has 1 saturated heterocycles. The van der Waals surface area contributed by atoms with E-state index in [0.717, 1.165) is 9.37 Å². The third-order valence-electron chi connectivity index (χ3n) is 3.52. The molecule has 0 spiro atoms. The molecular weight excluding hydrogens is 380 g/mol. The predicted octanol–water partition coefficient (Wildman–Crippen LogP) is 1.26. The van der Waals surface area contributed by atoms with Crippen LogP contribution in [0, 0.1) is 0 Å². The SMILES string of the molecule is C[C@H](NC(=O)c1ccc(Br)cc1)C(=O)OCC(=O)N1CCCC1=O. The van der Waals surface area contributed by atoms with E-state index in [1.807, 2.05) is 0 Å². The van der Waals surface area contributed by atoms with E-state index in [1.54, 1.807) is 24.3 Å². The predicted molar refractivity (Wildman–Crippen MR) is 88.0 cm³/mol. The summed E-state index contributed by atoms with van der Waals surface area (Å²) in [5.41, 5.74) is 0.400. The van der Waals surface area contributed by atoms with Gasteiger partial charge in [-0.2, -0.15) is 0 Å². The number of hydrogen-bond donors (Lipinski definition) is 1. The molecular formula is C16H17BrN2O5. The van der Waals surface area contributed by atoms with Gasteiger partial charge in [0.25, 0.3) is 11.8 Å². The maximum Gasteiger partial charge on any atom is 0.328 e. The number of amides is 3. The van der Waals surface area contributed by atoms with Crippen LogP contribution in [-0.2, 0) is 19.1 Å². The Balaban J connectivity index is 1.81. The highest BCUT2D eigenvalue weighted by Gasteiger charge is 2.27. The minimum absolute atomic E-state index is 0.257. The average Bonchev–Trinajstić information content (AvgIpc) is 2.98. The Labute approximate surface area is 147 Å². The summed E-state index contributed by atoms with van der Waals surface area (Å²) in [5, 5.41) is 2.50. The molecule has 0 bridgehead atoms. The minimum Gasteiger partial charge on any atom is -0.454 e. The molecule has 1 aromatic rings. The Bertz CT molecular complexity index is 659. The topological polar surface area (TPSA) is 92.8 Å². The van der Waals surface area contributed by atoms with E-state index in [1.165, 1.54) is 6.92 Å². The number of esters is 1. The van der Waals surface area contributed by atoms with Gasteiger partial charge in [0, 0.05) is 23.0 Å². The number of rotatable bonds is 5. The summed E-state index contributed by atoms with van der Waals surface area (Å²) in [6, 6.07) is 5.73. The van der Waals surface area contributed by atoms with Crippen LogP contribution in [0.25, 0.3) is 0 Å². The molecule has 1 N–H and O–H groups in total. The number of carbonyl (C=O) groups is 4. The van der Waals surface area contributed by atoms with E-state index >= 15 is 0 Å². The molecule has 1 aliphatic heterocycles. The molecule has 1 atom stereocenters. The first kappa shape index (κ1) is 18.1. The summed E-state index contributed by atoms with van der Waals surface area (Å²) in [4.78, 5) is 48.2. The molecule has 8 heteroatoms. The number of nitrogens with one attached hydrogen (secondary N) is 1. The first-order valence-corrected chi connectivity index (χ1v) is 8.24. The largest absolute Gasteiger partial charge is 0.454 e. The number of hydrogen-bond acceptors (Lipinski definition) is 5. The highest BCUT2D eigenvalue weighted by Crippen LogP contribution is 2.11. The van der Waals surface area contributed by atoms with Crippen LogP contribution in [-0.4, -0.2) is 47.8 Å². The van der Waals surface area contributed by atoms with E-state index in [0.29, 0.717) is 24.9 Å². The van der Waals surface area contributed by atoms with E-state index < -0.39 is 30.4 Å². The molecule has 2 rings (SSSR count). The Kier molecular flexibility index (Phi) is 6.08. The van der Waals surface area contributed by atoms with E-state index in [-0.39, 0.29) is 5.91 Å². The smallest absolute Gasteiger partial charge is 0.328 e. The molecule has 1 fully saturated rings. The zero-order valence-corrected chi connectivity index (χ0v) is 14.7. The van der Waals surface area contributed by atoms with Crippen molar-refractivity contribution < 1.29 is 23.9 Å². The second-order valence-corrected chi connectivity index (χ2v) is 6.27. The van der Waals surface area contributed by atoms with Crippen molar-refractivity contribution in [1.29, 1.82) is 0 Å². The molecule has 1 aromatic carbocycles. The fourth-order valence-electron chi connectivity index (χ4n) is 2.19. The molecule has 24 heavy (non-hydrogen) atoms. The van der Waals surface area contributed by atoms with Crippen molar-refractivity contribution in [3.63, 3.8) is 0 Å². The van der Waals surface area contributed by atoms with Crippen molar-refractivity contribution in [1.82, 2.24) is 10.2 Å². The van der Waals surface area contributed by atoms with Crippen molar-refractivity contribution in [2.75, 3.05) is 13.2 Å². The third-order valence-corrected chi connectivity index (χ3v) is 4.05. The fourth-order valence-corrected chi connectivity index (χ4v) is 2.45.